The van der Waals surface area contributed by atoms with Crippen molar-refractivity contribution < 1.29 is 23.9 Å². The zero-order chi connectivity index (χ0) is 21.1. The fourth-order valence-electron chi connectivity index (χ4n) is 3.06. The number of ether oxygens (including phenoxy) is 1. The van der Waals surface area contributed by atoms with Gasteiger partial charge in [-0.05, 0) is 31.7 Å². The Kier molecular flexibility index (Phi) is 9.80. The fraction of sp³-hybridized carbons (Fsp3) is 0.765. The average molecular weight is 396 g/mol. The van der Waals surface area contributed by atoms with Crippen LogP contribution < -0.4 is 10.6 Å². The Morgan fingerprint density at radius 1 is 1.32 bits per heavy atom. The first-order valence-corrected chi connectivity index (χ1v) is 9.34. The molecule has 0 bridgehead atoms. The topological polar surface area (TPSA) is 154 Å². The van der Waals surface area contributed by atoms with E-state index < -0.39 is 48.4 Å². The lowest BCUT2D eigenvalue weighted by atomic mass is 10.1. The summed E-state index contributed by atoms with van der Waals surface area (Å²) in [4.78, 5) is 52.8. The molecule has 3 amide bonds. The lowest BCUT2D eigenvalue weighted by Gasteiger charge is -2.28. The highest BCUT2D eigenvalue weighted by atomic mass is 16.5. The molecule has 11 nitrogen and oxygen atoms in total. The van der Waals surface area contributed by atoms with Crippen LogP contribution in [0.1, 0.15) is 46.0 Å². The summed E-state index contributed by atoms with van der Waals surface area (Å²) in [5.74, 6) is -1.92. The Morgan fingerprint density at radius 3 is 2.64 bits per heavy atom. The summed E-state index contributed by atoms with van der Waals surface area (Å²) in [7, 11) is 1.26. The number of methoxy groups -OCH3 is 1. The fourth-order valence-corrected chi connectivity index (χ4v) is 3.06. The van der Waals surface area contributed by atoms with E-state index in [0.29, 0.717) is 25.8 Å². The summed E-state index contributed by atoms with van der Waals surface area (Å²) >= 11 is 0. The number of unbranched alkanes of at least 4 members (excludes halogenated alkanes) is 1. The van der Waals surface area contributed by atoms with Crippen LogP contribution in [0.25, 0.3) is 10.4 Å². The van der Waals surface area contributed by atoms with Gasteiger partial charge in [0.05, 0.1) is 7.11 Å². The monoisotopic (exact) mass is 396 g/mol. The van der Waals surface area contributed by atoms with Gasteiger partial charge in [0.1, 0.15) is 24.7 Å². The standard InChI is InChI=1S/C17H28N6O5/c1-4-5-7-12(17(27)28-3)21-15(25)13-8-6-9-23(13)16(26)11(2)20-14(24)10-19-22-18/h11-13H,4-10H2,1-3H3,(H,20,24)(H,21,25)/t11-,12-,13-/m0/s1. The number of hydrogen-bond donors (Lipinski definition) is 2. The maximum absolute atomic E-state index is 12.7. The molecular formula is C17H28N6O5. The van der Waals surface area contributed by atoms with Crippen molar-refractivity contribution in [3.63, 3.8) is 0 Å². The third-order valence-corrected chi connectivity index (χ3v) is 4.51. The summed E-state index contributed by atoms with van der Waals surface area (Å²) < 4.78 is 4.75. The quantitative estimate of drug-likeness (QED) is 0.240. The molecule has 1 saturated heterocycles. The van der Waals surface area contributed by atoms with Gasteiger partial charge in [0.2, 0.25) is 17.7 Å². The van der Waals surface area contributed by atoms with Crippen LogP contribution in [-0.2, 0) is 23.9 Å². The van der Waals surface area contributed by atoms with Crippen LogP contribution in [0.2, 0.25) is 0 Å². The molecule has 11 heteroatoms. The minimum atomic E-state index is -0.869. The normalized spacial score (nSPS) is 17.8. The molecule has 0 unspecified atom stereocenters. The number of hydrogen-bond acceptors (Lipinski definition) is 6. The lowest BCUT2D eigenvalue weighted by molar-refractivity contribution is -0.147. The molecule has 0 radical (unpaired) electrons. The summed E-state index contributed by atoms with van der Waals surface area (Å²) in [5.41, 5.74) is 8.24. The van der Waals surface area contributed by atoms with Gasteiger partial charge in [0, 0.05) is 11.5 Å². The highest BCUT2D eigenvalue weighted by Gasteiger charge is 2.37. The second kappa shape index (κ2) is 11.8. The van der Waals surface area contributed by atoms with Gasteiger partial charge in [0.15, 0.2) is 0 Å². The number of carbonyl (C=O) groups excluding carboxylic acids is 4. The van der Waals surface area contributed by atoms with Gasteiger partial charge in [-0.1, -0.05) is 24.9 Å². The number of azide groups is 1. The third-order valence-electron chi connectivity index (χ3n) is 4.51. The first-order chi connectivity index (χ1) is 13.3. The summed E-state index contributed by atoms with van der Waals surface area (Å²) in [6.07, 6.45) is 3.19. The van der Waals surface area contributed by atoms with Gasteiger partial charge in [-0.15, -0.1) is 0 Å². The predicted octanol–water partition coefficient (Wildman–Crippen LogP) is 0.640. The minimum Gasteiger partial charge on any atom is -0.467 e. The first kappa shape index (κ1) is 23.2. The number of esters is 1. The molecule has 0 saturated carbocycles. The first-order valence-electron chi connectivity index (χ1n) is 9.34. The molecule has 1 fully saturated rings. The van der Waals surface area contributed by atoms with E-state index in [-0.39, 0.29) is 0 Å². The van der Waals surface area contributed by atoms with Crippen molar-refractivity contribution in [2.75, 3.05) is 20.2 Å². The zero-order valence-corrected chi connectivity index (χ0v) is 16.5. The van der Waals surface area contributed by atoms with Crippen molar-refractivity contribution in [1.29, 1.82) is 0 Å². The van der Waals surface area contributed by atoms with Gasteiger partial charge >= 0.3 is 5.97 Å². The molecule has 1 aliphatic rings. The van der Waals surface area contributed by atoms with E-state index >= 15 is 0 Å². The van der Waals surface area contributed by atoms with Crippen molar-refractivity contribution in [2.45, 2.75) is 64.1 Å². The molecule has 28 heavy (non-hydrogen) atoms. The Balaban J connectivity index is 2.74. The zero-order valence-electron chi connectivity index (χ0n) is 16.5. The second-order valence-corrected chi connectivity index (χ2v) is 6.59. The highest BCUT2D eigenvalue weighted by Crippen LogP contribution is 2.19. The van der Waals surface area contributed by atoms with Crippen LogP contribution in [0.5, 0.6) is 0 Å². The Hall–Kier alpha value is -2.81. The maximum atomic E-state index is 12.7. The van der Waals surface area contributed by atoms with Crippen LogP contribution in [0, 0.1) is 0 Å². The molecule has 0 aromatic carbocycles. The molecule has 0 aliphatic carbocycles. The van der Waals surface area contributed by atoms with Crippen LogP contribution in [0.15, 0.2) is 5.11 Å². The van der Waals surface area contributed by atoms with Crippen molar-refractivity contribution in [3.05, 3.63) is 10.4 Å². The summed E-state index contributed by atoms with van der Waals surface area (Å²) in [6, 6.07) is -2.33. The molecule has 0 aromatic heterocycles. The van der Waals surface area contributed by atoms with E-state index in [9.17, 15) is 19.2 Å². The summed E-state index contributed by atoms with van der Waals surface area (Å²) in [6.45, 7) is 3.45. The van der Waals surface area contributed by atoms with E-state index in [4.69, 9.17) is 10.3 Å². The van der Waals surface area contributed by atoms with Crippen molar-refractivity contribution >= 4 is 23.7 Å². The van der Waals surface area contributed by atoms with Gasteiger partial charge in [-0.3, -0.25) is 14.4 Å². The van der Waals surface area contributed by atoms with Crippen molar-refractivity contribution in [1.82, 2.24) is 15.5 Å². The Bertz CT molecular complexity index is 634. The van der Waals surface area contributed by atoms with E-state index in [1.165, 1.54) is 18.9 Å². The predicted molar refractivity (Wildman–Crippen MR) is 99.8 cm³/mol. The highest BCUT2D eigenvalue weighted by molar-refractivity contribution is 5.94. The van der Waals surface area contributed by atoms with Gasteiger partial charge in [-0.2, -0.15) is 0 Å². The molecule has 156 valence electrons. The molecule has 0 spiro atoms. The maximum Gasteiger partial charge on any atom is 0.328 e. The SMILES string of the molecule is CCCC[C@H](NC(=O)[C@@H]1CCCN1C(=O)[C@H](C)NC(=O)CN=[N+]=[N-])C(=O)OC. The molecular weight excluding hydrogens is 368 g/mol. The Labute approximate surface area is 163 Å². The van der Waals surface area contributed by atoms with Crippen molar-refractivity contribution in [3.8, 4) is 0 Å². The molecule has 1 aliphatic heterocycles. The molecule has 0 aromatic rings. The lowest BCUT2D eigenvalue weighted by Crippen LogP contribution is -2.54. The van der Waals surface area contributed by atoms with Gasteiger partial charge < -0.3 is 20.3 Å². The molecule has 1 heterocycles. The van der Waals surface area contributed by atoms with E-state index in [2.05, 4.69) is 20.7 Å². The van der Waals surface area contributed by atoms with E-state index in [0.717, 1.165) is 12.8 Å². The van der Waals surface area contributed by atoms with Gasteiger partial charge in [-0.25, -0.2) is 4.79 Å². The molecule has 3 atom stereocenters. The number of likely N-dealkylation sites (tertiary alicyclic amines) is 1. The largest absolute Gasteiger partial charge is 0.467 e. The summed E-state index contributed by atoms with van der Waals surface area (Å²) in [5, 5.41) is 8.28. The number of nitrogens with one attached hydrogen (secondary N) is 2. The Morgan fingerprint density at radius 2 is 2.04 bits per heavy atom. The van der Waals surface area contributed by atoms with E-state index in [1.807, 2.05) is 6.92 Å². The van der Waals surface area contributed by atoms with Crippen LogP contribution >= 0.6 is 0 Å². The number of nitrogens with zero attached hydrogens (tertiary/aromatic N) is 4. The van der Waals surface area contributed by atoms with Crippen LogP contribution in [-0.4, -0.2) is 66.9 Å². The minimum absolute atomic E-state index is 0.380. The number of carbonyl (C=O) groups is 4. The van der Waals surface area contributed by atoms with Crippen LogP contribution in [0.3, 0.4) is 0 Å². The second-order valence-electron chi connectivity index (χ2n) is 6.59. The number of amides is 3. The van der Waals surface area contributed by atoms with Crippen LogP contribution in [0.4, 0.5) is 0 Å². The molecule has 2 N–H and O–H groups in total. The average Bonchev–Trinajstić information content (AvgIpc) is 3.17. The molecule has 1 rings (SSSR count). The third kappa shape index (κ3) is 6.73. The van der Waals surface area contributed by atoms with Crippen molar-refractivity contribution in [2.24, 2.45) is 5.11 Å². The number of rotatable bonds is 10. The van der Waals surface area contributed by atoms with Gasteiger partial charge in [0.25, 0.3) is 0 Å². The smallest absolute Gasteiger partial charge is 0.328 e. The van der Waals surface area contributed by atoms with E-state index in [1.54, 1.807) is 0 Å².